The predicted octanol–water partition coefficient (Wildman–Crippen LogP) is 2.89. The number of thiazole rings is 1. The number of rotatable bonds is 4. The molecule has 0 saturated carbocycles. The van der Waals surface area contributed by atoms with Crippen molar-refractivity contribution in [3.05, 3.63) is 46.5 Å². The molecule has 2 aromatic rings. The number of carbonyl (C=O) groups is 2. The number of hydrogen-bond donors (Lipinski definition) is 2. The van der Waals surface area contributed by atoms with Crippen LogP contribution in [0.2, 0.25) is 0 Å². The molecular formula is C14H14N2O3S. The molecule has 1 aromatic carbocycles. The van der Waals surface area contributed by atoms with E-state index in [9.17, 15) is 9.59 Å². The SMILES string of the molecule is Cc1nc(NC(=O)C(C)c2ccccc2)sc1C(=O)O. The summed E-state index contributed by atoms with van der Waals surface area (Å²) in [6.45, 7) is 3.40. The van der Waals surface area contributed by atoms with Gasteiger partial charge in [-0.25, -0.2) is 9.78 Å². The number of aryl methyl sites for hydroxylation is 1. The van der Waals surface area contributed by atoms with Gasteiger partial charge in [0.1, 0.15) is 4.88 Å². The third-order valence-corrected chi connectivity index (χ3v) is 3.97. The van der Waals surface area contributed by atoms with Gasteiger partial charge < -0.3 is 10.4 Å². The number of benzene rings is 1. The highest BCUT2D eigenvalue weighted by atomic mass is 32.1. The van der Waals surface area contributed by atoms with Gasteiger partial charge in [0.25, 0.3) is 0 Å². The van der Waals surface area contributed by atoms with Crippen LogP contribution in [0, 0.1) is 6.92 Å². The molecule has 5 nitrogen and oxygen atoms in total. The van der Waals surface area contributed by atoms with Crippen LogP contribution >= 0.6 is 11.3 Å². The fourth-order valence-corrected chi connectivity index (χ4v) is 2.56. The van der Waals surface area contributed by atoms with Crippen LogP contribution < -0.4 is 5.32 Å². The minimum Gasteiger partial charge on any atom is -0.477 e. The van der Waals surface area contributed by atoms with Crippen molar-refractivity contribution < 1.29 is 14.7 Å². The van der Waals surface area contributed by atoms with Crippen LogP contribution in [0.1, 0.15) is 33.8 Å². The summed E-state index contributed by atoms with van der Waals surface area (Å²) < 4.78 is 0. The lowest BCUT2D eigenvalue weighted by Gasteiger charge is -2.10. The largest absolute Gasteiger partial charge is 0.477 e. The maximum absolute atomic E-state index is 12.1. The van der Waals surface area contributed by atoms with Gasteiger partial charge in [-0.2, -0.15) is 0 Å². The average Bonchev–Trinajstić information content (AvgIpc) is 2.79. The van der Waals surface area contributed by atoms with E-state index < -0.39 is 5.97 Å². The fraction of sp³-hybridized carbons (Fsp3) is 0.214. The smallest absolute Gasteiger partial charge is 0.347 e. The number of anilines is 1. The molecule has 0 fully saturated rings. The second kappa shape index (κ2) is 5.83. The van der Waals surface area contributed by atoms with Crippen LogP contribution in [0.3, 0.4) is 0 Å². The van der Waals surface area contributed by atoms with Crippen LogP contribution in [0.5, 0.6) is 0 Å². The number of nitrogens with zero attached hydrogens (tertiary/aromatic N) is 1. The summed E-state index contributed by atoms with van der Waals surface area (Å²) in [4.78, 5) is 27.2. The van der Waals surface area contributed by atoms with E-state index in [1.807, 2.05) is 30.3 Å². The van der Waals surface area contributed by atoms with Gasteiger partial charge in [-0.3, -0.25) is 4.79 Å². The Morgan fingerprint density at radius 3 is 2.50 bits per heavy atom. The van der Waals surface area contributed by atoms with Crippen molar-refractivity contribution in [2.24, 2.45) is 0 Å². The molecule has 1 heterocycles. The highest BCUT2D eigenvalue weighted by Gasteiger charge is 2.19. The lowest BCUT2D eigenvalue weighted by Crippen LogP contribution is -2.18. The van der Waals surface area contributed by atoms with Gasteiger partial charge in [-0.15, -0.1) is 0 Å². The number of hydrogen-bond acceptors (Lipinski definition) is 4. The number of amides is 1. The molecule has 6 heteroatoms. The lowest BCUT2D eigenvalue weighted by atomic mass is 10.0. The minimum atomic E-state index is -1.03. The summed E-state index contributed by atoms with van der Waals surface area (Å²) >= 11 is 0.966. The summed E-state index contributed by atoms with van der Waals surface area (Å²) in [5.74, 6) is -1.56. The Hall–Kier alpha value is -2.21. The molecule has 0 bridgehead atoms. The van der Waals surface area contributed by atoms with Crippen molar-refractivity contribution in [2.75, 3.05) is 5.32 Å². The molecule has 1 aromatic heterocycles. The number of aromatic carboxylic acids is 1. The van der Waals surface area contributed by atoms with E-state index in [0.29, 0.717) is 10.8 Å². The van der Waals surface area contributed by atoms with Crippen LogP contribution in [-0.2, 0) is 4.79 Å². The van der Waals surface area contributed by atoms with E-state index in [2.05, 4.69) is 10.3 Å². The first-order valence-electron chi connectivity index (χ1n) is 6.05. The van der Waals surface area contributed by atoms with Gasteiger partial charge in [0.2, 0.25) is 5.91 Å². The highest BCUT2D eigenvalue weighted by molar-refractivity contribution is 7.17. The monoisotopic (exact) mass is 290 g/mol. The van der Waals surface area contributed by atoms with Crippen LogP contribution in [0.25, 0.3) is 0 Å². The van der Waals surface area contributed by atoms with E-state index in [0.717, 1.165) is 16.9 Å². The fourth-order valence-electron chi connectivity index (χ4n) is 1.76. The van der Waals surface area contributed by atoms with E-state index in [4.69, 9.17) is 5.11 Å². The molecule has 1 unspecified atom stereocenters. The Balaban J connectivity index is 2.12. The van der Waals surface area contributed by atoms with Crippen molar-refractivity contribution in [2.45, 2.75) is 19.8 Å². The standard InChI is InChI=1S/C14H14N2O3S/c1-8(10-6-4-3-5-7-10)12(17)16-14-15-9(2)11(20-14)13(18)19/h3-8H,1-2H3,(H,18,19)(H,15,16,17). The summed E-state index contributed by atoms with van der Waals surface area (Å²) in [7, 11) is 0. The van der Waals surface area contributed by atoms with Crippen molar-refractivity contribution in [3.8, 4) is 0 Å². The maximum Gasteiger partial charge on any atom is 0.347 e. The molecule has 0 saturated heterocycles. The molecule has 104 valence electrons. The third kappa shape index (κ3) is 3.03. The van der Waals surface area contributed by atoms with Gasteiger partial charge in [-0.05, 0) is 19.4 Å². The highest BCUT2D eigenvalue weighted by Crippen LogP contribution is 2.24. The summed E-state index contributed by atoms with van der Waals surface area (Å²) in [6, 6.07) is 9.38. The zero-order valence-corrected chi connectivity index (χ0v) is 11.9. The van der Waals surface area contributed by atoms with Gasteiger partial charge >= 0.3 is 5.97 Å². The Kier molecular flexibility index (Phi) is 4.14. The molecule has 0 aliphatic carbocycles. The molecule has 2 rings (SSSR count). The van der Waals surface area contributed by atoms with Gasteiger partial charge in [0.05, 0.1) is 11.6 Å². The normalized spacial score (nSPS) is 11.9. The predicted molar refractivity (Wildman–Crippen MR) is 77.3 cm³/mol. The molecule has 0 spiro atoms. The van der Waals surface area contributed by atoms with E-state index in [1.54, 1.807) is 13.8 Å². The molecule has 0 aliphatic rings. The van der Waals surface area contributed by atoms with Crippen molar-refractivity contribution in [1.82, 2.24) is 4.98 Å². The molecule has 0 aliphatic heterocycles. The Morgan fingerprint density at radius 2 is 1.95 bits per heavy atom. The molecule has 2 N–H and O–H groups in total. The summed E-state index contributed by atoms with van der Waals surface area (Å²) in [5.41, 5.74) is 1.31. The number of aromatic nitrogens is 1. The number of nitrogens with one attached hydrogen (secondary N) is 1. The number of carboxylic acid groups (broad SMARTS) is 1. The first-order chi connectivity index (χ1) is 9.49. The molecule has 1 atom stereocenters. The maximum atomic E-state index is 12.1. The van der Waals surface area contributed by atoms with Gasteiger partial charge in [0, 0.05) is 0 Å². The second-order valence-electron chi connectivity index (χ2n) is 4.36. The minimum absolute atomic E-state index is 0.146. The number of carbonyl (C=O) groups excluding carboxylic acids is 1. The number of carboxylic acids is 1. The van der Waals surface area contributed by atoms with E-state index in [-0.39, 0.29) is 16.7 Å². The van der Waals surface area contributed by atoms with Crippen molar-refractivity contribution in [3.63, 3.8) is 0 Å². The second-order valence-corrected chi connectivity index (χ2v) is 5.36. The summed E-state index contributed by atoms with van der Waals surface area (Å²) in [6.07, 6.45) is 0. The first-order valence-corrected chi connectivity index (χ1v) is 6.87. The molecule has 1 amide bonds. The van der Waals surface area contributed by atoms with Crippen molar-refractivity contribution in [1.29, 1.82) is 0 Å². The zero-order valence-electron chi connectivity index (χ0n) is 11.1. The topological polar surface area (TPSA) is 79.3 Å². The first kappa shape index (κ1) is 14.2. The van der Waals surface area contributed by atoms with Crippen LogP contribution in [0.15, 0.2) is 30.3 Å². The molecule has 20 heavy (non-hydrogen) atoms. The quantitative estimate of drug-likeness (QED) is 0.907. The lowest BCUT2D eigenvalue weighted by molar-refractivity contribution is -0.117. The van der Waals surface area contributed by atoms with Gasteiger partial charge in [-0.1, -0.05) is 41.7 Å². The Bertz CT molecular complexity index is 637. The third-order valence-electron chi connectivity index (χ3n) is 2.91. The Labute approximate surface area is 120 Å². The zero-order chi connectivity index (χ0) is 14.7. The van der Waals surface area contributed by atoms with Crippen molar-refractivity contribution >= 4 is 28.3 Å². The van der Waals surface area contributed by atoms with E-state index in [1.165, 1.54) is 0 Å². The average molecular weight is 290 g/mol. The van der Waals surface area contributed by atoms with Gasteiger partial charge in [0.15, 0.2) is 5.13 Å². The summed E-state index contributed by atoms with van der Waals surface area (Å²) in [5, 5.41) is 11.9. The van der Waals surface area contributed by atoms with Crippen LogP contribution in [-0.4, -0.2) is 22.0 Å². The molecular weight excluding hydrogens is 276 g/mol. The van der Waals surface area contributed by atoms with Crippen LogP contribution in [0.4, 0.5) is 5.13 Å². The molecule has 0 radical (unpaired) electrons. The Morgan fingerprint density at radius 1 is 1.30 bits per heavy atom. The van der Waals surface area contributed by atoms with E-state index >= 15 is 0 Å².